The second kappa shape index (κ2) is 4.44. The third kappa shape index (κ3) is 2.56. The van der Waals surface area contributed by atoms with E-state index in [1.54, 1.807) is 17.9 Å². The fraction of sp³-hybridized carbons (Fsp3) is 0.600. The Hall–Kier alpha value is -1.36. The van der Waals surface area contributed by atoms with Gasteiger partial charge in [0.15, 0.2) is 0 Å². The zero-order chi connectivity index (χ0) is 11.6. The Morgan fingerprint density at radius 1 is 1.60 bits per heavy atom. The van der Waals surface area contributed by atoms with Crippen LogP contribution < -0.4 is 5.32 Å². The van der Waals surface area contributed by atoms with Crippen molar-refractivity contribution in [3.8, 4) is 0 Å². The Kier molecular flexibility index (Phi) is 3.47. The summed E-state index contributed by atoms with van der Waals surface area (Å²) in [5.74, 6) is -0.875. The van der Waals surface area contributed by atoms with Gasteiger partial charge in [0, 0.05) is 24.3 Å². The lowest BCUT2D eigenvalue weighted by Gasteiger charge is -2.16. The van der Waals surface area contributed by atoms with E-state index in [1.807, 2.05) is 20.8 Å². The van der Waals surface area contributed by atoms with Crippen molar-refractivity contribution in [1.82, 2.24) is 15.1 Å². The van der Waals surface area contributed by atoms with Crippen molar-refractivity contribution in [3.63, 3.8) is 0 Å². The Morgan fingerprint density at radius 2 is 2.20 bits per heavy atom. The maximum absolute atomic E-state index is 11.1. The van der Waals surface area contributed by atoms with Gasteiger partial charge in [0.25, 0.3) is 0 Å². The van der Waals surface area contributed by atoms with Gasteiger partial charge in [0.05, 0.1) is 6.20 Å². The van der Waals surface area contributed by atoms with E-state index in [9.17, 15) is 4.79 Å². The normalized spacial score (nSPS) is 13.1. The van der Waals surface area contributed by atoms with Crippen LogP contribution in [0.4, 0.5) is 0 Å². The monoisotopic (exact) mass is 211 g/mol. The first-order valence-corrected chi connectivity index (χ1v) is 4.90. The molecule has 5 heteroatoms. The molecule has 0 saturated carbocycles. The minimum atomic E-state index is -0.875. The van der Waals surface area contributed by atoms with Gasteiger partial charge < -0.3 is 5.11 Å². The first-order chi connectivity index (χ1) is 6.93. The highest BCUT2D eigenvalue weighted by atomic mass is 16.4. The van der Waals surface area contributed by atoms with Crippen LogP contribution >= 0.6 is 0 Å². The van der Waals surface area contributed by atoms with Crippen LogP contribution in [0.2, 0.25) is 0 Å². The van der Waals surface area contributed by atoms with E-state index in [2.05, 4.69) is 10.4 Å². The second-order valence-electron chi connectivity index (χ2n) is 3.90. The molecule has 1 unspecified atom stereocenters. The van der Waals surface area contributed by atoms with Gasteiger partial charge in [-0.05, 0) is 20.8 Å². The lowest BCUT2D eigenvalue weighted by molar-refractivity contribution is -0.139. The summed E-state index contributed by atoms with van der Waals surface area (Å²) in [6.45, 7) is 5.70. The zero-order valence-corrected chi connectivity index (χ0v) is 9.48. The molecule has 0 aliphatic rings. The number of hydrogen-bond acceptors (Lipinski definition) is 3. The highest BCUT2D eigenvalue weighted by molar-refractivity contribution is 5.75. The number of nitrogens with one attached hydrogen (secondary N) is 1. The molecule has 0 radical (unpaired) electrons. The largest absolute Gasteiger partial charge is 0.480 e. The summed E-state index contributed by atoms with van der Waals surface area (Å²) in [5, 5.41) is 16.1. The molecule has 1 atom stereocenters. The molecule has 1 rings (SSSR count). The molecule has 0 spiro atoms. The fourth-order valence-electron chi connectivity index (χ4n) is 1.43. The molecule has 0 aromatic carbocycles. The van der Waals surface area contributed by atoms with E-state index >= 15 is 0 Å². The Bertz CT molecular complexity index is 358. The van der Waals surface area contributed by atoms with Crippen LogP contribution in [0.15, 0.2) is 6.20 Å². The topological polar surface area (TPSA) is 67.2 Å². The number of carbonyl (C=O) groups is 1. The number of aromatic nitrogens is 2. The van der Waals surface area contributed by atoms with Crippen LogP contribution in [-0.4, -0.2) is 26.9 Å². The predicted octanol–water partition coefficient (Wildman–Crippen LogP) is 0.852. The van der Waals surface area contributed by atoms with Gasteiger partial charge in [0.2, 0.25) is 0 Å². The second-order valence-corrected chi connectivity index (χ2v) is 3.90. The number of hydrogen-bond donors (Lipinski definition) is 2. The molecular formula is C10H17N3O2. The van der Waals surface area contributed by atoms with Gasteiger partial charge in [-0.25, -0.2) is 0 Å². The van der Waals surface area contributed by atoms with Gasteiger partial charge in [-0.1, -0.05) is 0 Å². The van der Waals surface area contributed by atoms with E-state index in [1.165, 1.54) is 0 Å². The Morgan fingerprint density at radius 3 is 2.53 bits per heavy atom. The molecule has 2 N–H and O–H groups in total. The molecule has 0 aliphatic carbocycles. The molecule has 84 valence electrons. The third-order valence-electron chi connectivity index (χ3n) is 2.33. The summed E-state index contributed by atoms with van der Waals surface area (Å²) in [6.07, 6.45) is 1.60. The standard InChI is InChI=1S/C10H17N3O2/c1-6(2)12-9(10(14)15)8-5-11-13(4)7(8)3/h5-6,9,12H,1-4H3,(H,14,15). The first kappa shape index (κ1) is 11.7. The molecule has 1 aromatic rings. The average Bonchev–Trinajstić information content (AvgIpc) is 2.44. The van der Waals surface area contributed by atoms with Gasteiger partial charge in [-0.2, -0.15) is 5.10 Å². The van der Waals surface area contributed by atoms with E-state index in [4.69, 9.17) is 5.11 Å². The number of rotatable bonds is 4. The van der Waals surface area contributed by atoms with E-state index in [0.29, 0.717) is 0 Å². The quantitative estimate of drug-likeness (QED) is 0.775. The highest BCUT2D eigenvalue weighted by Gasteiger charge is 2.23. The van der Waals surface area contributed by atoms with Gasteiger partial charge >= 0.3 is 5.97 Å². The highest BCUT2D eigenvalue weighted by Crippen LogP contribution is 2.17. The van der Waals surface area contributed by atoms with Crippen LogP contribution in [0.25, 0.3) is 0 Å². The number of carboxylic acid groups (broad SMARTS) is 1. The van der Waals surface area contributed by atoms with Crippen molar-refractivity contribution in [2.75, 3.05) is 0 Å². The molecule has 5 nitrogen and oxygen atoms in total. The summed E-state index contributed by atoms with van der Waals surface area (Å²) in [5.41, 5.74) is 1.59. The number of aliphatic carboxylic acids is 1. The molecular weight excluding hydrogens is 194 g/mol. The summed E-state index contributed by atoms with van der Waals surface area (Å²) in [6, 6.07) is -0.565. The molecule has 0 aliphatic heterocycles. The van der Waals surface area contributed by atoms with Crippen LogP contribution in [0.5, 0.6) is 0 Å². The van der Waals surface area contributed by atoms with Crippen molar-refractivity contribution in [2.45, 2.75) is 32.9 Å². The van der Waals surface area contributed by atoms with Crippen molar-refractivity contribution in [1.29, 1.82) is 0 Å². The van der Waals surface area contributed by atoms with Crippen molar-refractivity contribution in [2.24, 2.45) is 7.05 Å². The van der Waals surface area contributed by atoms with Crippen molar-refractivity contribution >= 4 is 5.97 Å². The SMILES string of the molecule is Cc1c(C(NC(C)C)C(=O)O)cnn1C. The van der Waals surface area contributed by atoms with Gasteiger partial charge in [0.1, 0.15) is 6.04 Å². The van der Waals surface area contributed by atoms with Gasteiger partial charge in [-0.15, -0.1) is 0 Å². The minimum Gasteiger partial charge on any atom is -0.480 e. The summed E-state index contributed by atoms with van der Waals surface area (Å²) < 4.78 is 1.67. The van der Waals surface area contributed by atoms with Gasteiger partial charge in [-0.3, -0.25) is 14.8 Å². The molecule has 0 bridgehead atoms. The summed E-state index contributed by atoms with van der Waals surface area (Å²) in [7, 11) is 1.80. The maximum atomic E-state index is 11.1. The van der Waals surface area contributed by atoms with E-state index in [-0.39, 0.29) is 6.04 Å². The average molecular weight is 211 g/mol. The van der Waals surface area contributed by atoms with Crippen LogP contribution in [0, 0.1) is 6.92 Å². The minimum absolute atomic E-state index is 0.116. The van der Waals surface area contributed by atoms with Crippen molar-refractivity contribution in [3.05, 3.63) is 17.5 Å². The number of nitrogens with zero attached hydrogens (tertiary/aromatic N) is 2. The lowest BCUT2D eigenvalue weighted by atomic mass is 10.1. The van der Waals surface area contributed by atoms with E-state index < -0.39 is 12.0 Å². The predicted molar refractivity (Wildman–Crippen MR) is 56.6 cm³/mol. The zero-order valence-electron chi connectivity index (χ0n) is 9.48. The summed E-state index contributed by atoms with van der Waals surface area (Å²) in [4.78, 5) is 11.1. The van der Waals surface area contributed by atoms with Crippen LogP contribution in [-0.2, 0) is 11.8 Å². The Balaban J connectivity index is 2.99. The van der Waals surface area contributed by atoms with Crippen LogP contribution in [0.1, 0.15) is 31.1 Å². The maximum Gasteiger partial charge on any atom is 0.325 e. The third-order valence-corrected chi connectivity index (χ3v) is 2.33. The summed E-state index contributed by atoms with van der Waals surface area (Å²) >= 11 is 0. The smallest absolute Gasteiger partial charge is 0.325 e. The van der Waals surface area contributed by atoms with E-state index in [0.717, 1.165) is 11.3 Å². The van der Waals surface area contributed by atoms with Crippen LogP contribution in [0.3, 0.4) is 0 Å². The molecule has 1 aromatic heterocycles. The molecule has 0 amide bonds. The lowest BCUT2D eigenvalue weighted by Crippen LogP contribution is -2.33. The molecule has 0 fully saturated rings. The van der Waals surface area contributed by atoms with Crippen molar-refractivity contribution < 1.29 is 9.90 Å². The number of carboxylic acids is 1. The molecule has 0 saturated heterocycles. The fourth-order valence-corrected chi connectivity index (χ4v) is 1.43. The molecule has 1 heterocycles. The number of aryl methyl sites for hydroxylation is 1. The first-order valence-electron chi connectivity index (χ1n) is 4.90. The Labute approximate surface area is 89.1 Å². The molecule has 15 heavy (non-hydrogen) atoms.